The van der Waals surface area contributed by atoms with Gasteiger partial charge in [0.2, 0.25) is 0 Å². The van der Waals surface area contributed by atoms with Crippen molar-refractivity contribution in [1.82, 2.24) is 5.32 Å². The monoisotopic (exact) mass is 267 g/mol. The van der Waals surface area contributed by atoms with Crippen molar-refractivity contribution in [3.05, 3.63) is 64.7 Å². The molecular weight excluding hydrogens is 246 g/mol. The molecule has 1 aliphatic rings. The van der Waals surface area contributed by atoms with E-state index in [1.165, 1.54) is 22.3 Å². The first-order chi connectivity index (χ1) is 9.79. The van der Waals surface area contributed by atoms with E-state index in [-0.39, 0.29) is 0 Å². The van der Waals surface area contributed by atoms with Crippen LogP contribution in [0.4, 0.5) is 0 Å². The molecular formula is C18H21NO. The van der Waals surface area contributed by atoms with E-state index in [2.05, 4.69) is 54.7 Å². The Morgan fingerprint density at radius 1 is 1.15 bits per heavy atom. The third-order valence-corrected chi connectivity index (χ3v) is 4.15. The van der Waals surface area contributed by atoms with E-state index < -0.39 is 0 Å². The van der Waals surface area contributed by atoms with Crippen LogP contribution in [0.25, 0.3) is 0 Å². The molecule has 0 bridgehead atoms. The number of methoxy groups -OCH3 is 1. The van der Waals surface area contributed by atoms with Crippen LogP contribution in [0.1, 0.15) is 28.2 Å². The fourth-order valence-electron chi connectivity index (χ4n) is 3.09. The minimum Gasteiger partial charge on any atom is -0.496 e. The van der Waals surface area contributed by atoms with Crippen LogP contribution >= 0.6 is 0 Å². The van der Waals surface area contributed by atoms with E-state index in [9.17, 15) is 0 Å². The highest BCUT2D eigenvalue weighted by atomic mass is 16.5. The maximum absolute atomic E-state index is 5.52. The highest BCUT2D eigenvalue weighted by Crippen LogP contribution is 2.33. The van der Waals surface area contributed by atoms with Gasteiger partial charge in [0.15, 0.2) is 0 Å². The zero-order valence-corrected chi connectivity index (χ0v) is 12.1. The van der Waals surface area contributed by atoms with Gasteiger partial charge in [-0.3, -0.25) is 0 Å². The normalized spacial score (nSPS) is 18.2. The molecule has 1 heterocycles. The summed E-state index contributed by atoms with van der Waals surface area (Å²) in [6.45, 7) is 4.15. The highest BCUT2D eigenvalue weighted by molar-refractivity contribution is 5.47. The van der Waals surface area contributed by atoms with Crippen molar-refractivity contribution in [3.63, 3.8) is 0 Å². The van der Waals surface area contributed by atoms with Gasteiger partial charge in [0.1, 0.15) is 5.75 Å². The molecule has 3 rings (SSSR count). The summed E-state index contributed by atoms with van der Waals surface area (Å²) in [5, 5.41) is 3.56. The molecule has 0 saturated carbocycles. The van der Waals surface area contributed by atoms with Crippen LogP contribution in [0.2, 0.25) is 0 Å². The van der Waals surface area contributed by atoms with Crippen molar-refractivity contribution in [2.24, 2.45) is 0 Å². The second-order valence-electron chi connectivity index (χ2n) is 5.44. The molecule has 2 nitrogen and oxygen atoms in total. The first kappa shape index (κ1) is 13.2. The molecule has 0 spiro atoms. The molecule has 1 aliphatic heterocycles. The van der Waals surface area contributed by atoms with Crippen LogP contribution in [0.5, 0.6) is 5.75 Å². The Bertz CT molecular complexity index is 592. The SMILES string of the molecule is COc1cc2c(cc1C)CCNCC2c1ccccc1. The van der Waals surface area contributed by atoms with Crippen LogP contribution in [0, 0.1) is 6.92 Å². The lowest BCUT2D eigenvalue weighted by Gasteiger charge is -2.20. The van der Waals surface area contributed by atoms with Crippen LogP contribution < -0.4 is 10.1 Å². The number of aryl methyl sites for hydroxylation is 1. The van der Waals surface area contributed by atoms with Crippen LogP contribution in [-0.2, 0) is 6.42 Å². The van der Waals surface area contributed by atoms with Crippen molar-refractivity contribution in [1.29, 1.82) is 0 Å². The van der Waals surface area contributed by atoms with E-state index in [1.54, 1.807) is 7.11 Å². The van der Waals surface area contributed by atoms with Gasteiger partial charge in [-0.2, -0.15) is 0 Å². The predicted octanol–water partition coefficient (Wildman–Crippen LogP) is 3.28. The Labute approximate surface area is 120 Å². The molecule has 1 N–H and O–H groups in total. The Kier molecular flexibility index (Phi) is 3.75. The van der Waals surface area contributed by atoms with E-state index >= 15 is 0 Å². The molecule has 2 aromatic carbocycles. The first-order valence-corrected chi connectivity index (χ1v) is 7.22. The van der Waals surface area contributed by atoms with E-state index in [4.69, 9.17) is 4.74 Å². The van der Waals surface area contributed by atoms with E-state index in [0.717, 1.165) is 25.3 Å². The van der Waals surface area contributed by atoms with Crippen LogP contribution in [-0.4, -0.2) is 20.2 Å². The van der Waals surface area contributed by atoms with Gasteiger partial charge in [0, 0.05) is 12.5 Å². The molecule has 0 aromatic heterocycles. The largest absolute Gasteiger partial charge is 0.496 e. The number of hydrogen-bond acceptors (Lipinski definition) is 2. The molecule has 1 atom stereocenters. The predicted molar refractivity (Wildman–Crippen MR) is 82.6 cm³/mol. The molecule has 0 aliphatic carbocycles. The molecule has 20 heavy (non-hydrogen) atoms. The number of nitrogens with one attached hydrogen (secondary N) is 1. The third-order valence-electron chi connectivity index (χ3n) is 4.15. The fourth-order valence-corrected chi connectivity index (χ4v) is 3.09. The van der Waals surface area contributed by atoms with Crippen LogP contribution in [0.15, 0.2) is 42.5 Å². The second kappa shape index (κ2) is 5.68. The number of fused-ring (bicyclic) bond motifs is 1. The minimum absolute atomic E-state index is 0.406. The Hall–Kier alpha value is -1.80. The van der Waals surface area contributed by atoms with Gasteiger partial charge in [-0.05, 0) is 48.2 Å². The summed E-state index contributed by atoms with van der Waals surface area (Å²) in [5.74, 6) is 1.40. The molecule has 104 valence electrons. The van der Waals surface area contributed by atoms with Gasteiger partial charge < -0.3 is 10.1 Å². The number of hydrogen-bond donors (Lipinski definition) is 1. The average Bonchev–Trinajstić information content (AvgIpc) is 2.69. The second-order valence-corrected chi connectivity index (χ2v) is 5.44. The summed E-state index contributed by atoms with van der Waals surface area (Å²) in [6, 6.07) is 15.3. The molecule has 0 radical (unpaired) electrons. The molecule has 2 aromatic rings. The van der Waals surface area contributed by atoms with Crippen LogP contribution in [0.3, 0.4) is 0 Å². The van der Waals surface area contributed by atoms with E-state index in [1.807, 2.05) is 0 Å². The van der Waals surface area contributed by atoms with Gasteiger partial charge >= 0.3 is 0 Å². The molecule has 1 unspecified atom stereocenters. The summed E-state index contributed by atoms with van der Waals surface area (Å²) in [4.78, 5) is 0. The summed E-state index contributed by atoms with van der Waals surface area (Å²) < 4.78 is 5.52. The van der Waals surface area contributed by atoms with Gasteiger partial charge in [-0.25, -0.2) is 0 Å². The van der Waals surface area contributed by atoms with Crippen molar-refractivity contribution < 1.29 is 4.74 Å². The Morgan fingerprint density at radius 2 is 1.95 bits per heavy atom. The Balaban J connectivity index is 2.11. The number of ether oxygens (including phenoxy) is 1. The smallest absolute Gasteiger partial charge is 0.122 e. The fraction of sp³-hybridized carbons (Fsp3) is 0.333. The van der Waals surface area contributed by atoms with Gasteiger partial charge in [-0.15, -0.1) is 0 Å². The summed E-state index contributed by atoms with van der Waals surface area (Å²) in [5.41, 5.74) is 5.44. The quantitative estimate of drug-likeness (QED) is 0.901. The highest BCUT2D eigenvalue weighted by Gasteiger charge is 2.21. The lowest BCUT2D eigenvalue weighted by atomic mass is 9.87. The number of rotatable bonds is 2. The minimum atomic E-state index is 0.406. The number of benzene rings is 2. The van der Waals surface area contributed by atoms with Gasteiger partial charge in [0.05, 0.1) is 7.11 Å². The lowest BCUT2D eigenvalue weighted by Crippen LogP contribution is -2.20. The lowest BCUT2D eigenvalue weighted by molar-refractivity contribution is 0.410. The zero-order valence-electron chi connectivity index (χ0n) is 12.1. The van der Waals surface area contributed by atoms with Crippen molar-refractivity contribution >= 4 is 0 Å². The van der Waals surface area contributed by atoms with Crippen molar-refractivity contribution in [2.75, 3.05) is 20.2 Å². The maximum atomic E-state index is 5.52. The molecule has 0 saturated heterocycles. The standard InChI is InChI=1S/C18H21NO/c1-13-10-15-8-9-19-12-17(14-6-4-3-5-7-14)16(15)11-18(13)20-2/h3-7,10-11,17,19H,8-9,12H2,1-2H3. The molecule has 2 heteroatoms. The molecule has 0 fully saturated rings. The van der Waals surface area contributed by atoms with Crippen molar-refractivity contribution in [3.8, 4) is 5.75 Å². The zero-order chi connectivity index (χ0) is 13.9. The summed E-state index contributed by atoms with van der Waals surface area (Å²) in [7, 11) is 1.75. The summed E-state index contributed by atoms with van der Waals surface area (Å²) in [6.07, 6.45) is 1.09. The van der Waals surface area contributed by atoms with Crippen molar-refractivity contribution in [2.45, 2.75) is 19.3 Å². The first-order valence-electron chi connectivity index (χ1n) is 7.22. The average molecular weight is 267 g/mol. The Morgan fingerprint density at radius 3 is 2.70 bits per heavy atom. The van der Waals surface area contributed by atoms with E-state index in [0.29, 0.717) is 5.92 Å². The van der Waals surface area contributed by atoms with Gasteiger partial charge in [0.25, 0.3) is 0 Å². The maximum Gasteiger partial charge on any atom is 0.122 e. The molecule has 0 amide bonds. The third kappa shape index (κ3) is 2.44. The summed E-state index contributed by atoms with van der Waals surface area (Å²) >= 11 is 0. The van der Waals surface area contributed by atoms with Gasteiger partial charge in [-0.1, -0.05) is 36.4 Å². The topological polar surface area (TPSA) is 21.3 Å².